The summed E-state index contributed by atoms with van der Waals surface area (Å²) >= 11 is 5.59. The predicted molar refractivity (Wildman–Crippen MR) is 55.4 cm³/mol. The fourth-order valence-electron chi connectivity index (χ4n) is 1.25. The molecule has 0 aliphatic heterocycles. The van der Waals surface area contributed by atoms with Gasteiger partial charge < -0.3 is 5.11 Å². The summed E-state index contributed by atoms with van der Waals surface area (Å²) in [5, 5.41) is 8.58. The number of aliphatic carboxylic acids is 1. The Kier molecular flexibility index (Phi) is 4.05. The standard InChI is InChI=1S/C10H11ClFNO2/c1-13(6-9(14)15)5-7-3-2-4-8(11)10(7)12/h2-4H,5-6H2,1H3,(H,14,15). The third kappa shape index (κ3) is 3.49. The van der Waals surface area contributed by atoms with Crippen molar-refractivity contribution >= 4 is 17.6 Å². The van der Waals surface area contributed by atoms with Crippen molar-refractivity contribution in [1.82, 2.24) is 4.90 Å². The fourth-order valence-corrected chi connectivity index (χ4v) is 1.44. The number of carboxylic acids is 1. The predicted octanol–water partition coefficient (Wildman–Crippen LogP) is 2.00. The topological polar surface area (TPSA) is 40.5 Å². The van der Waals surface area contributed by atoms with Crippen LogP contribution in [0.15, 0.2) is 18.2 Å². The number of carboxylic acid groups (broad SMARTS) is 1. The minimum Gasteiger partial charge on any atom is -0.480 e. The van der Waals surface area contributed by atoms with Gasteiger partial charge in [-0.3, -0.25) is 9.69 Å². The van der Waals surface area contributed by atoms with Crippen molar-refractivity contribution in [2.24, 2.45) is 0 Å². The van der Waals surface area contributed by atoms with Crippen molar-refractivity contribution in [1.29, 1.82) is 0 Å². The van der Waals surface area contributed by atoms with Gasteiger partial charge in [0, 0.05) is 12.1 Å². The van der Waals surface area contributed by atoms with Gasteiger partial charge in [0.1, 0.15) is 5.82 Å². The van der Waals surface area contributed by atoms with E-state index in [4.69, 9.17) is 16.7 Å². The highest BCUT2D eigenvalue weighted by Crippen LogP contribution is 2.18. The first-order valence-corrected chi connectivity index (χ1v) is 4.71. The van der Waals surface area contributed by atoms with Crippen LogP contribution in [0.1, 0.15) is 5.56 Å². The van der Waals surface area contributed by atoms with E-state index < -0.39 is 11.8 Å². The molecule has 0 heterocycles. The molecule has 0 saturated carbocycles. The lowest BCUT2D eigenvalue weighted by molar-refractivity contribution is -0.138. The minimum atomic E-state index is -0.945. The summed E-state index contributed by atoms with van der Waals surface area (Å²) in [7, 11) is 1.61. The molecule has 1 aromatic carbocycles. The lowest BCUT2D eigenvalue weighted by Crippen LogP contribution is -2.25. The molecule has 0 aromatic heterocycles. The molecule has 3 nitrogen and oxygen atoms in total. The quantitative estimate of drug-likeness (QED) is 0.862. The Morgan fingerprint density at radius 1 is 1.60 bits per heavy atom. The largest absolute Gasteiger partial charge is 0.480 e. The Morgan fingerprint density at radius 2 is 2.27 bits per heavy atom. The summed E-state index contributed by atoms with van der Waals surface area (Å²) in [6.45, 7) is 0.0879. The Balaban J connectivity index is 2.72. The summed E-state index contributed by atoms with van der Waals surface area (Å²) in [5.41, 5.74) is 0.395. The molecule has 0 bridgehead atoms. The van der Waals surface area contributed by atoms with Gasteiger partial charge in [-0.2, -0.15) is 0 Å². The van der Waals surface area contributed by atoms with E-state index in [1.807, 2.05) is 0 Å². The normalized spacial score (nSPS) is 10.7. The number of likely N-dealkylation sites (N-methyl/N-ethyl adjacent to an activating group) is 1. The van der Waals surface area contributed by atoms with E-state index in [2.05, 4.69) is 0 Å². The number of rotatable bonds is 4. The van der Waals surface area contributed by atoms with Crippen molar-refractivity contribution in [3.63, 3.8) is 0 Å². The van der Waals surface area contributed by atoms with E-state index in [9.17, 15) is 9.18 Å². The molecule has 15 heavy (non-hydrogen) atoms. The van der Waals surface area contributed by atoms with Crippen LogP contribution in [-0.2, 0) is 11.3 Å². The van der Waals surface area contributed by atoms with Gasteiger partial charge >= 0.3 is 5.97 Å². The van der Waals surface area contributed by atoms with Gasteiger partial charge in [0.2, 0.25) is 0 Å². The van der Waals surface area contributed by atoms with Crippen LogP contribution < -0.4 is 0 Å². The second kappa shape index (κ2) is 5.09. The Bertz CT molecular complexity index is 370. The van der Waals surface area contributed by atoms with Gasteiger partial charge in [-0.05, 0) is 13.1 Å². The average molecular weight is 232 g/mol. The van der Waals surface area contributed by atoms with E-state index in [0.29, 0.717) is 5.56 Å². The van der Waals surface area contributed by atoms with E-state index in [1.165, 1.54) is 11.0 Å². The Morgan fingerprint density at radius 3 is 2.87 bits per heavy atom. The second-order valence-electron chi connectivity index (χ2n) is 3.28. The Labute approximate surface area is 92.1 Å². The number of hydrogen-bond donors (Lipinski definition) is 1. The van der Waals surface area contributed by atoms with Crippen LogP contribution in [0.25, 0.3) is 0 Å². The first kappa shape index (κ1) is 11.9. The van der Waals surface area contributed by atoms with Crippen LogP contribution in [0, 0.1) is 5.82 Å². The molecule has 0 fully saturated rings. The van der Waals surface area contributed by atoms with Crippen molar-refractivity contribution in [2.75, 3.05) is 13.6 Å². The van der Waals surface area contributed by atoms with Gasteiger partial charge in [-0.25, -0.2) is 4.39 Å². The number of nitrogens with zero attached hydrogens (tertiary/aromatic N) is 1. The van der Waals surface area contributed by atoms with E-state index >= 15 is 0 Å². The smallest absolute Gasteiger partial charge is 0.317 e. The molecule has 1 N–H and O–H groups in total. The molecular formula is C10H11ClFNO2. The third-order valence-corrected chi connectivity index (χ3v) is 2.17. The molecule has 0 saturated heterocycles. The second-order valence-corrected chi connectivity index (χ2v) is 3.69. The lowest BCUT2D eigenvalue weighted by atomic mass is 10.2. The summed E-state index contributed by atoms with van der Waals surface area (Å²) in [6, 6.07) is 4.67. The summed E-state index contributed by atoms with van der Waals surface area (Å²) in [5.74, 6) is -1.43. The molecule has 0 unspecified atom stereocenters. The van der Waals surface area contributed by atoms with Crippen LogP contribution in [0.3, 0.4) is 0 Å². The van der Waals surface area contributed by atoms with Gasteiger partial charge in [0.15, 0.2) is 0 Å². The highest BCUT2D eigenvalue weighted by atomic mass is 35.5. The molecular weight excluding hydrogens is 221 g/mol. The first-order valence-electron chi connectivity index (χ1n) is 4.34. The Hall–Kier alpha value is -1.13. The first-order chi connectivity index (χ1) is 7.00. The average Bonchev–Trinajstić information content (AvgIpc) is 2.11. The molecule has 0 spiro atoms. The molecule has 1 aromatic rings. The summed E-state index contributed by atoms with van der Waals surface area (Å²) < 4.78 is 13.4. The lowest BCUT2D eigenvalue weighted by Gasteiger charge is -2.14. The van der Waals surface area contributed by atoms with E-state index in [0.717, 1.165) is 0 Å². The zero-order valence-electron chi connectivity index (χ0n) is 8.20. The maximum Gasteiger partial charge on any atom is 0.317 e. The highest BCUT2D eigenvalue weighted by molar-refractivity contribution is 6.30. The van der Waals surface area contributed by atoms with Gasteiger partial charge in [-0.15, -0.1) is 0 Å². The number of carbonyl (C=O) groups is 1. The summed E-state index contributed by atoms with van der Waals surface area (Å²) in [6.07, 6.45) is 0. The van der Waals surface area contributed by atoms with Crippen LogP contribution >= 0.6 is 11.6 Å². The van der Waals surface area contributed by atoms with Crippen LogP contribution in [0.5, 0.6) is 0 Å². The molecule has 0 amide bonds. The van der Waals surface area contributed by atoms with Crippen molar-refractivity contribution < 1.29 is 14.3 Å². The number of benzene rings is 1. The highest BCUT2D eigenvalue weighted by Gasteiger charge is 2.10. The van der Waals surface area contributed by atoms with E-state index in [-0.39, 0.29) is 18.1 Å². The zero-order chi connectivity index (χ0) is 11.4. The molecule has 1 rings (SSSR count). The number of halogens is 2. The monoisotopic (exact) mass is 231 g/mol. The van der Waals surface area contributed by atoms with Crippen molar-refractivity contribution in [3.8, 4) is 0 Å². The third-order valence-electron chi connectivity index (χ3n) is 1.88. The molecule has 0 aliphatic rings. The minimum absolute atomic E-state index is 0.0521. The van der Waals surface area contributed by atoms with E-state index in [1.54, 1.807) is 19.2 Å². The zero-order valence-corrected chi connectivity index (χ0v) is 8.96. The fraction of sp³-hybridized carbons (Fsp3) is 0.300. The molecule has 82 valence electrons. The van der Waals surface area contributed by atoms with Crippen LogP contribution in [-0.4, -0.2) is 29.6 Å². The number of hydrogen-bond acceptors (Lipinski definition) is 2. The maximum absolute atomic E-state index is 13.4. The van der Waals surface area contributed by atoms with Gasteiger partial charge in [0.25, 0.3) is 0 Å². The van der Waals surface area contributed by atoms with Crippen LogP contribution in [0.2, 0.25) is 5.02 Å². The van der Waals surface area contributed by atoms with Crippen molar-refractivity contribution in [3.05, 3.63) is 34.6 Å². The molecule has 0 aliphatic carbocycles. The van der Waals surface area contributed by atoms with Gasteiger partial charge in [-0.1, -0.05) is 23.7 Å². The summed E-state index contributed by atoms with van der Waals surface area (Å²) in [4.78, 5) is 11.9. The van der Waals surface area contributed by atoms with Crippen LogP contribution in [0.4, 0.5) is 4.39 Å². The SMILES string of the molecule is CN(CC(=O)O)Cc1cccc(Cl)c1F. The maximum atomic E-state index is 13.4. The van der Waals surface area contributed by atoms with Gasteiger partial charge in [0.05, 0.1) is 11.6 Å². The molecule has 5 heteroatoms. The molecule has 0 atom stereocenters. The molecule has 0 radical (unpaired) electrons. The van der Waals surface area contributed by atoms with Crippen molar-refractivity contribution in [2.45, 2.75) is 6.54 Å².